The molecule has 36 heavy (non-hydrogen) atoms. The molecule has 10 nitrogen and oxygen atoms in total. The van der Waals surface area contributed by atoms with Crippen LogP contribution >= 0.6 is 24.8 Å². The first-order valence-corrected chi connectivity index (χ1v) is 11.3. The Kier molecular flexibility index (Phi) is 9.89. The number of morpholine rings is 1. The van der Waals surface area contributed by atoms with Gasteiger partial charge in [0.15, 0.2) is 23.0 Å². The summed E-state index contributed by atoms with van der Waals surface area (Å²) in [5, 5.41) is 4.12. The molecule has 1 N–H and O–H groups in total. The van der Waals surface area contributed by atoms with E-state index in [9.17, 15) is 0 Å². The molecule has 0 radical (unpaired) electrons. The van der Waals surface area contributed by atoms with E-state index in [4.69, 9.17) is 28.4 Å². The summed E-state index contributed by atoms with van der Waals surface area (Å²) in [5.74, 6) is 3.75. The number of rotatable bonds is 9. The number of nitrogens with one attached hydrogen (secondary N) is 1. The van der Waals surface area contributed by atoms with E-state index in [-0.39, 0.29) is 31.6 Å². The molecule has 0 bridgehead atoms. The Morgan fingerprint density at radius 3 is 2.58 bits per heavy atom. The molecule has 3 aromatic rings. The van der Waals surface area contributed by atoms with Gasteiger partial charge in [-0.05, 0) is 12.5 Å². The Morgan fingerprint density at radius 1 is 0.972 bits per heavy atom. The van der Waals surface area contributed by atoms with Crippen molar-refractivity contribution in [2.24, 2.45) is 0 Å². The molecule has 3 heterocycles. The minimum atomic E-state index is 0. The first kappa shape index (κ1) is 27.7. The van der Waals surface area contributed by atoms with E-state index >= 15 is 0 Å². The lowest BCUT2D eigenvalue weighted by atomic mass is 10.2. The second-order valence-electron chi connectivity index (χ2n) is 7.93. The van der Waals surface area contributed by atoms with Crippen molar-refractivity contribution in [2.45, 2.75) is 6.42 Å². The van der Waals surface area contributed by atoms with Gasteiger partial charge in [0.25, 0.3) is 0 Å². The molecule has 0 amide bonds. The molecular weight excluding hydrogens is 511 g/mol. The van der Waals surface area contributed by atoms with Gasteiger partial charge in [-0.25, -0.2) is 9.97 Å². The summed E-state index contributed by atoms with van der Waals surface area (Å²) >= 11 is 0. The van der Waals surface area contributed by atoms with Gasteiger partial charge in [-0.15, -0.1) is 24.8 Å². The Morgan fingerprint density at radius 2 is 1.81 bits per heavy atom. The summed E-state index contributed by atoms with van der Waals surface area (Å²) < 4.78 is 33.6. The van der Waals surface area contributed by atoms with Crippen LogP contribution in [0.2, 0.25) is 0 Å². The van der Waals surface area contributed by atoms with Crippen LogP contribution < -0.4 is 29.0 Å². The van der Waals surface area contributed by atoms with Crippen molar-refractivity contribution in [3.63, 3.8) is 0 Å². The standard InChI is InChI=1S/C24H28N4O6.2ClH/c1-29-16-10-19(23-22(11-16)33-15-34-23)27-24-17-12-20(30-2)21(13-18(17)25-14-26-24)32-7-3-4-28-5-8-31-9-6-28;;/h10-14H,3-9,15H2,1-2H3,(H,25,26,27);2*1H. The lowest BCUT2D eigenvalue weighted by molar-refractivity contribution is 0.0357. The molecule has 0 atom stereocenters. The summed E-state index contributed by atoms with van der Waals surface area (Å²) in [6.07, 6.45) is 2.43. The molecular formula is C24H30Cl2N4O6. The van der Waals surface area contributed by atoms with Gasteiger partial charge in [-0.2, -0.15) is 0 Å². The van der Waals surface area contributed by atoms with Crippen LogP contribution in [-0.2, 0) is 4.74 Å². The van der Waals surface area contributed by atoms with Crippen LogP contribution in [0.4, 0.5) is 11.5 Å². The summed E-state index contributed by atoms with van der Waals surface area (Å²) in [4.78, 5) is 11.3. The van der Waals surface area contributed by atoms with Gasteiger partial charge in [0.1, 0.15) is 17.9 Å². The van der Waals surface area contributed by atoms with Crippen molar-refractivity contribution in [3.05, 3.63) is 30.6 Å². The van der Waals surface area contributed by atoms with E-state index < -0.39 is 0 Å². The lowest BCUT2D eigenvalue weighted by Gasteiger charge is -2.26. The number of ether oxygens (including phenoxy) is 6. The van der Waals surface area contributed by atoms with Crippen molar-refractivity contribution in [2.75, 3.05) is 65.8 Å². The van der Waals surface area contributed by atoms with E-state index in [1.54, 1.807) is 20.3 Å². The zero-order valence-electron chi connectivity index (χ0n) is 20.2. The van der Waals surface area contributed by atoms with Crippen molar-refractivity contribution >= 4 is 47.2 Å². The number of hydrogen-bond donors (Lipinski definition) is 1. The van der Waals surface area contributed by atoms with Crippen molar-refractivity contribution in [3.8, 4) is 28.7 Å². The Hall–Kier alpha value is -2.92. The summed E-state index contributed by atoms with van der Waals surface area (Å²) in [6.45, 7) is 5.26. The fourth-order valence-electron chi connectivity index (χ4n) is 4.05. The SMILES string of the molecule is COc1cc(Nc2ncnc3cc(OCCCN4CCOCC4)c(OC)cc23)c2c(c1)OCO2.Cl.Cl. The third-order valence-electron chi connectivity index (χ3n) is 5.84. The zero-order valence-corrected chi connectivity index (χ0v) is 21.8. The number of aromatic nitrogens is 2. The van der Waals surface area contributed by atoms with Gasteiger partial charge in [-0.1, -0.05) is 0 Å². The van der Waals surface area contributed by atoms with Gasteiger partial charge in [0, 0.05) is 43.2 Å². The van der Waals surface area contributed by atoms with Crippen LogP contribution in [0.3, 0.4) is 0 Å². The first-order chi connectivity index (χ1) is 16.7. The van der Waals surface area contributed by atoms with E-state index in [1.807, 2.05) is 18.2 Å². The minimum absolute atomic E-state index is 0. The maximum absolute atomic E-state index is 6.06. The summed E-state index contributed by atoms with van der Waals surface area (Å²) in [5.41, 5.74) is 1.42. The first-order valence-electron chi connectivity index (χ1n) is 11.3. The van der Waals surface area contributed by atoms with Crippen LogP contribution in [-0.4, -0.2) is 75.3 Å². The fraction of sp³-hybridized carbons (Fsp3) is 0.417. The molecule has 0 saturated carbocycles. The van der Waals surface area contributed by atoms with Crippen LogP contribution in [0.1, 0.15) is 6.42 Å². The molecule has 12 heteroatoms. The number of fused-ring (bicyclic) bond motifs is 2. The number of anilines is 2. The molecule has 196 valence electrons. The maximum atomic E-state index is 6.06. The van der Waals surface area contributed by atoms with Crippen LogP contribution in [0.15, 0.2) is 30.6 Å². The van der Waals surface area contributed by atoms with Crippen LogP contribution in [0.25, 0.3) is 10.9 Å². The van der Waals surface area contributed by atoms with Gasteiger partial charge in [0.2, 0.25) is 6.79 Å². The van der Waals surface area contributed by atoms with E-state index in [0.717, 1.165) is 50.2 Å². The van der Waals surface area contributed by atoms with Gasteiger partial charge >= 0.3 is 0 Å². The molecule has 2 aliphatic rings. The summed E-state index contributed by atoms with van der Waals surface area (Å²) in [6, 6.07) is 7.39. The largest absolute Gasteiger partial charge is 0.497 e. The lowest BCUT2D eigenvalue weighted by Crippen LogP contribution is -2.37. The molecule has 0 unspecified atom stereocenters. The summed E-state index contributed by atoms with van der Waals surface area (Å²) in [7, 11) is 3.23. The van der Waals surface area contributed by atoms with Gasteiger partial charge < -0.3 is 33.7 Å². The van der Waals surface area contributed by atoms with Gasteiger partial charge in [0.05, 0.1) is 45.2 Å². The quantitative estimate of drug-likeness (QED) is 0.400. The van der Waals surface area contributed by atoms with E-state index in [0.29, 0.717) is 46.9 Å². The highest BCUT2D eigenvalue weighted by atomic mass is 35.5. The third-order valence-corrected chi connectivity index (χ3v) is 5.84. The van der Waals surface area contributed by atoms with E-state index in [1.165, 1.54) is 6.33 Å². The Bertz CT molecular complexity index is 1160. The molecule has 1 aromatic heterocycles. The Balaban J connectivity index is 0.00000180. The molecule has 0 aliphatic carbocycles. The topological polar surface area (TPSA) is 96.4 Å². The smallest absolute Gasteiger partial charge is 0.231 e. The van der Waals surface area contributed by atoms with Gasteiger partial charge in [-0.3, -0.25) is 4.90 Å². The third kappa shape index (κ3) is 6.07. The van der Waals surface area contributed by atoms with E-state index in [2.05, 4.69) is 20.2 Å². The molecule has 5 rings (SSSR count). The second-order valence-corrected chi connectivity index (χ2v) is 7.93. The number of hydrogen-bond acceptors (Lipinski definition) is 10. The van der Waals surface area contributed by atoms with Crippen molar-refractivity contribution in [1.82, 2.24) is 14.9 Å². The normalized spacial score (nSPS) is 14.5. The fourth-order valence-corrected chi connectivity index (χ4v) is 4.05. The highest BCUT2D eigenvalue weighted by Crippen LogP contribution is 2.44. The monoisotopic (exact) mass is 540 g/mol. The molecule has 0 spiro atoms. The molecule has 1 saturated heterocycles. The average Bonchev–Trinajstić information content (AvgIpc) is 3.36. The highest BCUT2D eigenvalue weighted by Gasteiger charge is 2.21. The zero-order chi connectivity index (χ0) is 23.3. The molecule has 2 aromatic carbocycles. The predicted octanol–water partition coefficient (Wildman–Crippen LogP) is 4.06. The number of nitrogens with zero attached hydrogens (tertiary/aromatic N) is 3. The van der Waals surface area contributed by atoms with Crippen LogP contribution in [0.5, 0.6) is 28.7 Å². The second kappa shape index (κ2) is 12.9. The van der Waals surface area contributed by atoms with Crippen molar-refractivity contribution in [1.29, 1.82) is 0 Å². The molecule has 2 aliphatic heterocycles. The highest BCUT2D eigenvalue weighted by molar-refractivity contribution is 5.93. The predicted molar refractivity (Wildman–Crippen MR) is 140 cm³/mol. The number of halogens is 2. The Labute approximate surface area is 222 Å². The minimum Gasteiger partial charge on any atom is -0.497 e. The van der Waals surface area contributed by atoms with Crippen molar-refractivity contribution < 1.29 is 28.4 Å². The number of methoxy groups -OCH3 is 2. The molecule has 1 fully saturated rings. The maximum Gasteiger partial charge on any atom is 0.231 e. The number of benzene rings is 2. The average molecular weight is 541 g/mol. The van der Waals surface area contributed by atoms with Crippen LogP contribution in [0, 0.1) is 0 Å².